The van der Waals surface area contributed by atoms with Gasteiger partial charge < -0.3 is 14.6 Å². The summed E-state index contributed by atoms with van der Waals surface area (Å²) in [6.45, 7) is 2.96. The molecule has 1 aromatic heterocycles. The third-order valence-corrected chi connectivity index (χ3v) is 7.02. The predicted molar refractivity (Wildman–Crippen MR) is 145 cm³/mol. The zero-order valence-corrected chi connectivity index (χ0v) is 21.2. The van der Waals surface area contributed by atoms with Gasteiger partial charge in [-0.05, 0) is 71.7 Å². The standard InChI is InChI=1S/C29H29N3O3S/c1-3-17-32-21-30-19-26(32)20-36(34)28-14-10-25(11-15-28)31-29(33)16-7-22-5-4-6-24(18-22)23-8-12-27(35-2)13-9-23/h4-16,18-19,21H,3,17,20H2,1-2H3,(H,31,33)/b16-7+/t36-/m0/s1. The second-order valence-corrected chi connectivity index (χ2v) is 9.72. The average Bonchev–Trinajstić information content (AvgIpc) is 3.34. The molecule has 1 heterocycles. The van der Waals surface area contributed by atoms with Crippen molar-refractivity contribution >= 4 is 28.5 Å². The number of benzene rings is 3. The minimum absolute atomic E-state index is 0.234. The minimum Gasteiger partial charge on any atom is -0.497 e. The van der Waals surface area contributed by atoms with E-state index in [-0.39, 0.29) is 5.91 Å². The monoisotopic (exact) mass is 499 g/mol. The Morgan fingerprint density at radius 2 is 1.83 bits per heavy atom. The van der Waals surface area contributed by atoms with Crippen LogP contribution in [0.15, 0.2) is 96.3 Å². The summed E-state index contributed by atoms with van der Waals surface area (Å²) in [6.07, 6.45) is 7.82. The van der Waals surface area contributed by atoms with Gasteiger partial charge in [-0.1, -0.05) is 37.3 Å². The fourth-order valence-electron chi connectivity index (χ4n) is 3.78. The molecular formula is C29H29N3O3S. The first-order chi connectivity index (χ1) is 17.6. The number of methoxy groups -OCH3 is 1. The van der Waals surface area contributed by atoms with Crippen LogP contribution in [0.5, 0.6) is 5.75 Å². The van der Waals surface area contributed by atoms with E-state index in [1.54, 1.807) is 50.0 Å². The fourth-order valence-corrected chi connectivity index (χ4v) is 4.89. The van der Waals surface area contributed by atoms with Crippen molar-refractivity contribution in [2.75, 3.05) is 12.4 Å². The van der Waals surface area contributed by atoms with E-state index < -0.39 is 10.8 Å². The van der Waals surface area contributed by atoms with Crippen LogP contribution in [-0.2, 0) is 27.9 Å². The van der Waals surface area contributed by atoms with Crippen molar-refractivity contribution in [2.24, 2.45) is 0 Å². The van der Waals surface area contributed by atoms with Gasteiger partial charge in [0.15, 0.2) is 0 Å². The normalized spacial score (nSPS) is 11.9. The quantitative estimate of drug-likeness (QED) is 0.275. The molecule has 0 fully saturated rings. The number of amides is 1. The molecule has 1 N–H and O–H groups in total. The molecule has 184 valence electrons. The van der Waals surface area contributed by atoms with Crippen LogP contribution in [-0.4, -0.2) is 26.8 Å². The Balaban J connectivity index is 1.35. The summed E-state index contributed by atoms with van der Waals surface area (Å²) >= 11 is 0. The van der Waals surface area contributed by atoms with Crippen molar-refractivity contribution < 1.29 is 13.7 Å². The van der Waals surface area contributed by atoms with E-state index in [2.05, 4.69) is 17.2 Å². The molecule has 0 bridgehead atoms. The van der Waals surface area contributed by atoms with Crippen molar-refractivity contribution in [3.63, 3.8) is 0 Å². The fraction of sp³-hybridized carbons (Fsp3) is 0.172. The molecule has 1 amide bonds. The molecule has 0 unspecified atom stereocenters. The van der Waals surface area contributed by atoms with Gasteiger partial charge >= 0.3 is 0 Å². The number of hydrogen-bond acceptors (Lipinski definition) is 4. The van der Waals surface area contributed by atoms with Crippen molar-refractivity contribution in [1.29, 1.82) is 0 Å². The highest BCUT2D eigenvalue weighted by Gasteiger charge is 2.10. The summed E-state index contributed by atoms with van der Waals surface area (Å²) in [5.74, 6) is 0.983. The van der Waals surface area contributed by atoms with E-state index in [0.29, 0.717) is 16.3 Å². The average molecular weight is 500 g/mol. The molecule has 0 aliphatic heterocycles. The Bertz CT molecular complexity index is 1360. The molecule has 7 heteroatoms. The van der Waals surface area contributed by atoms with E-state index >= 15 is 0 Å². The molecule has 3 aromatic carbocycles. The van der Waals surface area contributed by atoms with Gasteiger partial charge in [0, 0.05) is 29.4 Å². The van der Waals surface area contributed by atoms with Gasteiger partial charge in [-0.25, -0.2) is 4.98 Å². The van der Waals surface area contributed by atoms with Crippen LogP contribution in [0.2, 0.25) is 0 Å². The summed E-state index contributed by atoms with van der Waals surface area (Å²) in [4.78, 5) is 17.3. The molecule has 4 rings (SSSR count). The molecule has 0 saturated carbocycles. The van der Waals surface area contributed by atoms with Gasteiger partial charge in [0.1, 0.15) is 5.75 Å². The predicted octanol–water partition coefficient (Wildman–Crippen LogP) is 5.93. The number of nitrogens with zero attached hydrogens (tertiary/aromatic N) is 2. The number of anilines is 1. The lowest BCUT2D eigenvalue weighted by atomic mass is 10.0. The van der Waals surface area contributed by atoms with Gasteiger partial charge in [0.05, 0.1) is 35.7 Å². The molecule has 0 radical (unpaired) electrons. The number of imidazole rings is 1. The van der Waals surface area contributed by atoms with Gasteiger partial charge in [0.2, 0.25) is 5.91 Å². The van der Waals surface area contributed by atoms with E-state index in [0.717, 1.165) is 41.1 Å². The zero-order valence-electron chi connectivity index (χ0n) is 20.4. The van der Waals surface area contributed by atoms with E-state index in [4.69, 9.17) is 4.74 Å². The highest BCUT2D eigenvalue weighted by Crippen LogP contribution is 2.24. The van der Waals surface area contributed by atoms with E-state index in [1.807, 2.05) is 53.1 Å². The van der Waals surface area contributed by atoms with Gasteiger partial charge in [0.25, 0.3) is 0 Å². The van der Waals surface area contributed by atoms with Crippen molar-refractivity contribution in [3.8, 4) is 16.9 Å². The molecule has 36 heavy (non-hydrogen) atoms. The number of aryl methyl sites for hydroxylation is 1. The first kappa shape index (κ1) is 25.1. The molecule has 6 nitrogen and oxygen atoms in total. The summed E-state index contributed by atoms with van der Waals surface area (Å²) in [7, 11) is 0.455. The number of rotatable bonds is 10. The number of nitrogens with one attached hydrogen (secondary N) is 1. The highest BCUT2D eigenvalue weighted by atomic mass is 32.2. The molecule has 0 spiro atoms. The maximum atomic E-state index is 12.8. The number of carbonyl (C=O) groups is 1. The Labute approximate surface area is 214 Å². The third kappa shape index (κ3) is 6.58. The largest absolute Gasteiger partial charge is 0.497 e. The lowest BCUT2D eigenvalue weighted by Gasteiger charge is -2.08. The van der Waals surface area contributed by atoms with E-state index in [1.165, 1.54) is 6.08 Å². The maximum Gasteiger partial charge on any atom is 0.248 e. The highest BCUT2D eigenvalue weighted by molar-refractivity contribution is 7.84. The van der Waals surface area contributed by atoms with Crippen LogP contribution in [0.1, 0.15) is 24.6 Å². The molecule has 4 aromatic rings. The number of ether oxygens (including phenoxy) is 1. The lowest BCUT2D eigenvalue weighted by molar-refractivity contribution is -0.111. The van der Waals surface area contributed by atoms with E-state index in [9.17, 15) is 9.00 Å². The van der Waals surface area contributed by atoms with Crippen molar-refractivity contribution in [3.05, 3.63) is 103 Å². The van der Waals surface area contributed by atoms with Gasteiger partial charge in [-0.15, -0.1) is 0 Å². The number of hydrogen-bond donors (Lipinski definition) is 1. The molecular weight excluding hydrogens is 470 g/mol. The second kappa shape index (κ2) is 12.1. The van der Waals surface area contributed by atoms with Crippen LogP contribution < -0.4 is 10.1 Å². The molecule has 0 aliphatic carbocycles. The van der Waals surface area contributed by atoms with Crippen LogP contribution in [0, 0.1) is 0 Å². The Hall–Kier alpha value is -3.97. The summed E-state index contributed by atoms with van der Waals surface area (Å²) in [5, 5.41) is 2.86. The number of aromatic nitrogens is 2. The topological polar surface area (TPSA) is 73.2 Å². The smallest absolute Gasteiger partial charge is 0.248 e. The first-order valence-corrected chi connectivity index (χ1v) is 13.1. The van der Waals surface area contributed by atoms with Crippen LogP contribution in [0.4, 0.5) is 5.69 Å². The second-order valence-electron chi connectivity index (χ2n) is 8.27. The Morgan fingerprint density at radius 1 is 1.06 bits per heavy atom. The minimum atomic E-state index is -1.19. The zero-order chi connectivity index (χ0) is 25.3. The summed E-state index contributed by atoms with van der Waals surface area (Å²) in [6, 6.07) is 22.9. The third-order valence-electron chi connectivity index (χ3n) is 5.66. The maximum absolute atomic E-state index is 12.8. The van der Waals surface area contributed by atoms with Crippen molar-refractivity contribution in [2.45, 2.75) is 30.5 Å². The van der Waals surface area contributed by atoms with Crippen LogP contribution in [0.3, 0.4) is 0 Å². The SMILES string of the molecule is CCCn1cncc1C[S@](=O)c1ccc(NC(=O)/C=C/c2cccc(-c3ccc(OC)cc3)c2)cc1. The Morgan fingerprint density at radius 3 is 2.56 bits per heavy atom. The molecule has 1 atom stereocenters. The van der Waals surface area contributed by atoms with Crippen LogP contribution in [0.25, 0.3) is 17.2 Å². The molecule has 0 aliphatic rings. The summed E-state index contributed by atoms with van der Waals surface area (Å²) in [5.41, 5.74) is 4.65. The van der Waals surface area contributed by atoms with Crippen LogP contribution >= 0.6 is 0 Å². The van der Waals surface area contributed by atoms with Crippen molar-refractivity contribution in [1.82, 2.24) is 9.55 Å². The van der Waals surface area contributed by atoms with Gasteiger partial charge in [-0.3, -0.25) is 9.00 Å². The molecule has 0 saturated heterocycles. The first-order valence-electron chi connectivity index (χ1n) is 11.8. The summed E-state index contributed by atoms with van der Waals surface area (Å²) < 4.78 is 20.0. The Kier molecular flexibility index (Phi) is 8.47. The number of carbonyl (C=O) groups excluding carboxylic acids is 1. The van der Waals surface area contributed by atoms with Gasteiger partial charge in [-0.2, -0.15) is 0 Å². The lowest BCUT2D eigenvalue weighted by Crippen LogP contribution is -2.08.